The largest absolute Gasteiger partial charge is 0.358 e. The molecule has 1 aromatic heterocycles. The third kappa shape index (κ3) is 3.20. The van der Waals surface area contributed by atoms with Crippen molar-refractivity contribution >= 4 is 10.9 Å². The summed E-state index contributed by atoms with van der Waals surface area (Å²) in [5.41, 5.74) is 3.56. The highest BCUT2D eigenvalue weighted by Gasteiger charge is 2.19. The molecular weight excluding hydrogens is 246 g/mol. The zero-order chi connectivity index (χ0) is 14.8. The molecule has 0 saturated carbocycles. The third-order valence-electron chi connectivity index (χ3n) is 3.74. The first kappa shape index (κ1) is 14.6. The van der Waals surface area contributed by atoms with E-state index in [0.29, 0.717) is 0 Å². The molecule has 0 aliphatic rings. The molecule has 0 atom stereocenters. The predicted octanol–water partition coefficient (Wildman–Crippen LogP) is 3.50. The maximum absolute atomic E-state index is 9.10. The highest BCUT2D eigenvalue weighted by atomic mass is 15.1. The average Bonchev–Trinajstić information content (AvgIpc) is 2.71. The zero-order valence-electron chi connectivity index (χ0n) is 12.8. The average molecular weight is 269 g/mol. The van der Waals surface area contributed by atoms with Crippen molar-refractivity contribution in [2.75, 3.05) is 20.1 Å². The van der Waals surface area contributed by atoms with Gasteiger partial charge in [0.05, 0.1) is 11.5 Å². The Morgan fingerprint density at radius 3 is 2.70 bits per heavy atom. The first-order valence-electron chi connectivity index (χ1n) is 7.09. The fourth-order valence-electron chi connectivity index (χ4n) is 2.75. The smallest absolute Gasteiger partial charge is 0.0697 e. The van der Waals surface area contributed by atoms with Crippen molar-refractivity contribution in [1.29, 1.82) is 5.26 Å². The lowest BCUT2D eigenvalue weighted by atomic mass is 9.95. The Bertz CT molecular complexity index is 631. The van der Waals surface area contributed by atoms with E-state index in [4.69, 9.17) is 5.26 Å². The third-order valence-corrected chi connectivity index (χ3v) is 3.74. The lowest BCUT2D eigenvalue weighted by Crippen LogP contribution is -2.31. The van der Waals surface area contributed by atoms with Gasteiger partial charge in [0.15, 0.2) is 0 Å². The van der Waals surface area contributed by atoms with Crippen LogP contribution in [-0.4, -0.2) is 30.0 Å². The molecule has 0 saturated heterocycles. The van der Waals surface area contributed by atoms with Crippen LogP contribution in [0.2, 0.25) is 0 Å². The van der Waals surface area contributed by atoms with Gasteiger partial charge in [-0.15, -0.1) is 0 Å². The molecule has 1 heterocycles. The van der Waals surface area contributed by atoms with E-state index in [1.807, 2.05) is 13.8 Å². The maximum Gasteiger partial charge on any atom is 0.0697 e. The molecule has 0 amide bonds. The number of hydrogen-bond acceptors (Lipinski definition) is 2. The second-order valence-corrected chi connectivity index (χ2v) is 6.26. The number of H-pyrrole nitrogens is 1. The number of nitrogens with zero attached hydrogens (tertiary/aromatic N) is 2. The summed E-state index contributed by atoms with van der Waals surface area (Å²) in [4.78, 5) is 5.68. The van der Waals surface area contributed by atoms with Crippen LogP contribution in [0.5, 0.6) is 0 Å². The van der Waals surface area contributed by atoms with Crippen LogP contribution >= 0.6 is 0 Å². The molecule has 1 aromatic carbocycles. The van der Waals surface area contributed by atoms with Gasteiger partial charge in [-0.05, 0) is 45.9 Å². The van der Waals surface area contributed by atoms with Crippen molar-refractivity contribution < 1.29 is 0 Å². The summed E-state index contributed by atoms with van der Waals surface area (Å²) in [6, 6.07) is 10.8. The lowest BCUT2D eigenvalue weighted by molar-refractivity contribution is 0.258. The Kier molecular flexibility index (Phi) is 4.15. The van der Waals surface area contributed by atoms with Crippen LogP contribution in [0, 0.1) is 23.7 Å². The molecule has 0 fully saturated rings. The van der Waals surface area contributed by atoms with Crippen molar-refractivity contribution in [1.82, 2.24) is 9.88 Å². The number of nitriles is 1. The van der Waals surface area contributed by atoms with Crippen molar-refractivity contribution in [3.8, 4) is 6.07 Å². The van der Waals surface area contributed by atoms with Gasteiger partial charge in [0.1, 0.15) is 0 Å². The number of likely N-dealkylation sites (N-methyl/N-ethyl adjacent to an activating group) is 1. The molecule has 2 rings (SSSR count). The molecular formula is C17H23N3. The first-order chi connectivity index (χ1) is 9.43. The lowest BCUT2D eigenvalue weighted by Gasteiger charge is -2.24. The monoisotopic (exact) mass is 269 g/mol. The predicted molar refractivity (Wildman–Crippen MR) is 83.6 cm³/mol. The van der Waals surface area contributed by atoms with E-state index in [0.717, 1.165) is 19.5 Å². The van der Waals surface area contributed by atoms with E-state index in [9.17, 15) is 0 Å². The van der Waals surface area contributed by atoms with E-state index < -0.39 is 0 Å². The van der Waals surface area contributed by atoms with Crippen molar-refractivity contribution in [3.05, 3.63) is 35.5 Å². The summed E-state index contributed by atoms with van der Waals surface area (Å²) in [6.07, 6.45) is 1.01. The number of hydrogen-bond donors (Lipinski definition) is 1. The molecule has 106 valence electrons. The zero-order valence-corrected chi connectivity index (χ0v) is 12.8. The highest BCUT2D eigenvalue weighted by Crippen LogP contribution is 2.23. The Labute approximate surface area is 121 Å². The van der Waals surface area contributed by atoms with Crippen LogP contribution in [-0.2, 0) is 6.42 Å². The second kappa shape index (κ2) is 5.68. The van der Waals surface area contributed by atoms with Crippen LogP contribution in [0.25, 0.3) is 10.9 Å². The van der Waals surface area contributed by atoms with Gasteiger partial charge in [-0.25, -0.2) is 0 Å². The Hall–Kier alpha value is -1.79. The van der Waals surface area contributed by atoms with Gasteiger partial charge in [0.2, 0.25) is 0 Å². The normalized spacial score (nSPS) is 12.0. The fraction of sp³-hybridized carbons (Fsp3) is 0.471. The van der Waals surface area contributed by atoms with Gasteiger partial charge in [0.25, 0.3) is 0 Å². The summed E-state index contributed by atoms with van der Waals surface area (Å²) in [5.74, 6) is 0. The van der Waals surface area contributed by atoms with Gasteiger partial charge >= 0.3 is 0 Å². The van der Waals surface area contributed by atoms with Crippen LogP contribution in [0.1, 0.15) is 25.1 Å². The van der Waals surface area contributed by atoms with Gasteiger partial charge < -0.3 is 9.88 Å². The number of para-hydroxylation sites is 1. The molecule has 3 heteroatoms. The quantitative estimate of drug-likeness (QED) is 0.902. The van der Waals surface area contributed by atoms with Crippen LogP contribution in [0.3, 0.4) is 0 Å². The Balaban J connectivity index is 2.06. The molecule has 0 bridgehead atoms. The minimum absolute atomic E-state index is 0.288. The SMILES string of the molecule is Cc1[nH]c2ccccc2c1CCN(C)CC(C)(C)C#N. The number of benzene rings is 1. The van der Waals surface area contributed by atoms with Crippen molar-refractivity contribution in [2.45, 2.75) is 27.2 Å². The van der Waals surface area contributed by atoms with E-state index >= 15 is 0 Å². The number of aromatic amines is 1. The molecule has 0 radical (unpaired) electrons. The minimum Gasteiger partial charge on any atom is -0.358 e. The number of nitrogens with one attached hydrogen (secondary N) is 1. The highest BCUT2D eigenvalue weighted by molar-refractivity contribution is 5.84. The fourth-order valence-corrected chi connectivity index (χ4v) is 2.75. The number of aryl methyl sites for hydroxylation is 1. The summed E-state index contributed by atoms with van der Waals surface area (Å²) >= 11 is 0. The van der Waals surface area contributed by atoms with E-state index in [2.05, 4.69) is 54.2 Å². The van der Waals surface area contributed by atoms with E-state index in [-0.39, 0.29) is 5.41 Å². The van der Waals surface area contributed by atoms with Gasteiger partial charge in [-0.2, -0.15) is 5.26 Å². The van der Waals surface area contributed by atoms with Gasteiger partial charge in [-0.1, -0.05) is 18.2 Å². The van der Waals surface area contributed by atoms with Crippen LogP contribution < -0.4 is 0 Å². The van der Waals surface area contributed by atoms with Gasteiger partial charge in [-0.3, -0.25) is 0 Å². The van der Waals surface area contributed by atoms with Crippen LogP contribution in [0.4, 0.5) is 0 Å². The standard InChI is InChI=1S/C17H23N3/c1-13-14(15-7-5-6-8-16(15)19-13)9-10-20(4)12-17(2,3)11-18/h5-8,19H,9-10,12H2,1-4H3. The molecule has 2 aromatic rings. The number of aromatic nitrogens is 1. The molecule has 0 spiro atoms. The topological polar surface area (TPSA) is 42.8 Å². The molecule has 0 aliphatic carbocycles. The molecule has 3 nitrogen and oxygen atoms in total. The first-order valence-corrected chi connectivity index (χ1v) is 7.09. The van der Waals surface area contributed by atoms with Crippen LogP contribution in [0.15, 0.2) is 24.3 Å². The minimum atomic E-state index is -0.288. The summed E-state index contributed by atoms with van der Waals surface area (Å²) in [5, 5.41) is 10.4. The van der Waals surface area contributed by atoms with E-state index in [1.165, 1.54) is 22.2 Å². The summed E-state index contributed by atoms with van der Waals surface area (Å²) < 4.78 is 0. The summed E-state index contributed by atoms with van der Waals surface area (Å²) in [7, 11) is 2.09. The number of fused-ring (bicyclic) bond motifs is 1. The molecule has 20 heavy (non-hydrogen) atoms. The molecule has 1 N–H and O–H groups in total. The summed E-state index contributed by atoms with van der Waals surface area (Å²) in [6.45, 7) is 7.87. The van der Waals surface area contributed by atoms with E-state index in [1.54, 1.807) is 0 Å². The van der Waals surface area contributed by atoms with Crippen molar-refractivity contribution in [3.63, 3.8) is 0 Å². The van der Waals surface area contributed by atoms with Crippen molar-refractivity contribution in [2.24, 2.45) is 5.41 Å². The molecule has 0 aliphatic heterocycles. The number of rotatable bonds is 5. The van der Waals surface area contributed by atoms with Gasteiger partial charge in [0, 0.05) is 29.7 Å². The maximum atomic E-state index is 9.10. The Morgan fingerprint density at radius 2 is 2.00 bits per heavy atom. The molecule has 0 unspecified atom stereocenters. The second-order valence-electron chi connectivity index (χ2n) is 6.26. The Morgan fingerprint density at radius 1 is 1.30 bits per heavy atom.